The lowest BCUT2D eigenvalue weighted by Crippen LogP contribution is -2.47. The lowest BCUT2D eigenvalue weighted by molar-refractivity contribution is -0.141. The number of amides is 3. The van der Waals surface area contributed by atoms with E-state index in [1.807, 2.05) is 32.9 Å². The molecule has 0 spiro atoms. The molecule has 1 aliphatic heterocycles. The van der Waals surface area contributed by atoms with Crippen molar-refractivity contribution < 1.29 is 19.1 Å². The Kier molecular flexibility index (Phi) is 7.15. The number of likely N-dealkylation sites (N-methyl/N-ethyl adjacent to an activating group) is 1. The zero-order valence-corrected chi connectivity index (χ0v) is 15.6. The van der Waals surface area contributed by atoms with E-state index < -0.39 is 6.04 Å². The quantitative estimate of drug-likeness (QED) is 0.754. The van der Waals surface area contributed by atoms with Gasteiger partial charge in [0, 0.05) is 31.3 Å². The van der Waals surface area contributed by atoms with Crippen LogP contribution in [0.15, 0.2) is 24.3 Å². The molecule has 0 saturated carbocycles. The average Bonchev–Trinajstić information content (AvgIpc) is 3.04. The fourth-order valence-corrected chi connectivity index (χ4v) is 3.00. The van der Waals surface area contributed by atoms with Gasteiger partial charge in [0.15, 0.2) is 0 Å². The number of hydrogen-bond acceptors (Lipinski definition) is 4. The van der Waals surface area contributed by atoms with E-state index in [4.69, 9.17) is 4.74 Å². The Morgan fingerprint density at radius 1 is 1.19 bits per heavy atom. The van der Waals surface area contributed by atoms with E-state index in [0.29, 0.717) is 31.7 Å². The van der Waals surface area contributed by atoms with E-state index in [1.165, 1.54) is 4.90 Å². The summed E-state index contributed by atoms with van der Waals surface area (Å²) < 4.78 is 5.18. The van der Waals surface area contributed by atoms with Crippen molar-refractivity contribution in [3.05, 3.63) is 35.4 Å². The number of aryl methyl sites for hydroxylation is 1. The molecule has 1 fully saturated rings. The summed E-state index contributed by atoms with van der Waals surface area (Å²) in [6.07, 6.45) is 0.390. The predicted octanol–water partition coefficient (Wildman–Crippen LogP) is 0.867. The number of carbonyl (C=O) groups is 3. The predicted molar refractivity (Wildman–Crippen MR) is 97.7 cm³/mol. The summed E-state index contributed by atoms with van der Waals surface area (Å²) in [4.78, 5) is 38.6. The highest BCUT2D eigenvalue weighted by atomic mass is 16.5. The van der Waals surface area contributed by atoms with Gasteiger partial charge in [-0.1, -0.05) is 17.7 Å². The Hall–Kier alpha value is -2.41. The number of carbonyl (C=O) groups excluding carboxylic acids is 3. The third kappa shape index (κ3) is 5.05. The zero-order chi connectivity index (χ0) is 19.1. The Labute approximate surface area is 154 Å². The van der Waals surface area contributed by atoms with Gasteiger partial charge >= 0.3 is 0 Å². The number of nitrogens with one attached hydrogen (secondary N) is 2. The van der Waals surface area contributed by atoms with Crippen molar-refractivity contribution >= 4 is 17.7 Å². The van der Waals surface area contributed by atoms with E-state index in [2.05, 4.69) is 10.6 Å². The minimum atomic E-state index is -0.591. The fourth-order valence-electron chi connectivity index (χ4n) is 3.00. The smallest absolute Gasteiger partial charge is 0.251 e. The topological polar surface area (TPSA) is 87.7 Å². The van der Waals surface area contributed by atoms with Gasteiger partial charge in [-0.25, -0.2) is 0 Å². The first-order chi connectivity index (χ1) is 12.5. The second-order valence-corrected chi connectivity index (χ2v) is 6.37. The van der Waals surface area contributed by atoms with E-state index in [-0.39, 0.29) is 30.4 Å². The first-order valence-corrected chi connectivity index (χ1v) is 8.98. The average molecular weight is 361 g/mol. The van der Waals surface area contributed by atoms with Crippen molar-refractivity contribution in [2.75, 3.05) is 26.3 Å². The van der Waals surface area contributed by atoms with Crippen LogP contribution in [0.25, 0.3) is 0 Å². The van der Waals surface area contributed by atoms with E-state index in [1.54, 1.807) is 12.1 Å². The molecule has 1 saturated heterocycles. The highest BCUT2D eigenvalue weighted by Crippen LogP contribution is 2.19. The number of nitrogens with zero attached hydrogens (tertiary/aromatic N) is 1. The standard InChI is InChI=1S/C19H27N3O4/c1-4-20-19(25)16-10-15(11-22(16)17(23)12-26-5-2)21-18(24)14-8-6-13(3)7-9-14/h6-9,15-16H,4-5,10-12H2,1-3H3,(H,20,25)(H,21,24)/t15-,16+/m1/s1. The molecule has 2 rings (SSSR count). The van der Waals surface area contributed by atoms with Gasteiger partial charge in [0.1, 0.15) is 12.6 Å². The number of benzene rings is 1. The van der Waals surface area contributed by atoms with E-state index in [9.17, 15) is 14.4 Å². The second-order valence-electron chi connectivity index (χ2n) is 6.37. The minimum Gasteiger partial charge on any atom is -0.372 e. The molecule has 0 bridgehead atoms. The van der Waals surface area contributed by atoms with Crippen molar-refractivity contribution in [2.45, 2.75) is 39.3 Å². The Morgan fingerprint density at radius 3 is 2.50 bits per heavy atom. The molecule has 1 aromatic carbocycles. The molecule has 26 heavy (non-hydrogen) atoms. The number of likely N-dealkylation sites (tertiary alicyclic amines) is 1. The van der Waals surface area contributed by atoms with Gasteiger partial charge in [-0.05, 0) is 39.3 Å². The molecule has 1 aromatic rings. The van der Waals surface area contributed by atoms with Crippen LogP contribution in [0.4, 0.5) is 0 Å². The highest BCUT2D eigenvalue weighted by Gasteiger charge is 2.39. The fraction of sp³-hybridized carbons (Fsp3) is 0.526. The SMILES string of the molecule is CCNC(=O)[C@@H]1C[C@@H](NC(=O)c2ccc(C)cc2)CN1C(=O)COCC. The van der Waals surface area contributed by atoms with Crippen LogP contribution in [0.5, 0.6) is 0 Å². The van der Waals surface area contributed by atoms with Crippen molar-refractivity contribution in [3.8, 4) is 0 Å². The lowest BCUT2D eigenvalue weighted by Gasteiger charge is -2.23. The minimum absolute atomic E-state index is 0.0645. The Morgan fingerprint density at radius 2 is 1.88 bits per heavy atom. The lowest BCUT2D eigenvalue weighted by atomic mass is 10.1. The first-order valence-electron chi connectivity index (χ1n) is 8.98. The summed E-state index contributed by atoms with van der Waals surface area (Å²) in [6.45, 7) is 6.75. The Bertz CT molecular complexity index is 645. The maximum atomic E-state index is 12.4. The summed E-state index contributed by atoms with van der Waals surface area (Å²) in [6, 6.07) is 6.41. The van der Waals surface area contributed by atoms with Crippen LogP contribution < -0.4 is 10.6 Å². The van der Waals surface area contributed by atoms with Gasteiger partial charge in [-0.15, -0.1) is 0 Å². The number of hydrogen-bond donors (Lipinski definition) is 2. The van der Waals surface area contributed by atoms with Crippen LogP contribution in [0.2, 0.25) is 0 Å². The van der Waals surface area contributed by atoms with Crippen LogP contribution in [0.1, 0.15) is 36.2 Å². The molecule has 1 heterocycles. The summed E-state index contributed by atoms with van der Waals surface area (Å²) in [5.74, 6) is -0.650. The molecular formula is C19H27N3O4. The summed E-state index contributed by atoms with van der Waals surface area (Å²) in [5.41, 5.74) is 1.63. The Balaban J connectivity index is 2.05. The molecule has 7 nitrogen and oxygen atoms in total. The van der Waals surface area contributed by atoms with Gasteiger partial charge in [-0.3, -0.25) is 14.4 Å². The van der Waals surface area contributed by atoms with Crippen molar-refractivity contribution in [1.82, 2.24) is 15.5 Å². The van der Waals surface area contributed by atoms with Gasteiger partial charge in [-0.2, -0.15) is 0 Å². The molecule has 0 aliphatic carbocycles. The summed E-state index contributed by atoms with van der Waals surface area (Å²) >= 11 is 0. The van der Waals surface area contributed by atoms with Crippen molar-refractivity contribution in [1.29, 1.82) is 0 Å². The van der Waals surface area contributed by atoms with Gasteiger partial charge < -0.3 is 20.3 Å². The largest absolute Gasteiger partial charge is 0.372 e. The highest BCUT2D eigenvalue weighted by molar-refractivity contribution is 5.95. The van der Waals surface area contributed by atoms with Crippen molar-refractivity contribution in [2.24, 2.45) is 0 Å². The normalized spacial score (nSPS) is 19.3. The van der Waals surface area contributed by atoms with Crippen LogP contribution in [0.3, 0.4) is 0 Å². The van der Waals surface area contributed by atoms with Gasteiger partial charge in [0.05, 0.1) is 0 Å². The maximum Gasteiger partial charge on any atom is 0.251 e. The van der Waals surface area contributed by atoms with Crippen LogP contribution >= 0.6 is 0 Å². The number of rotatable bonds is 7. The number of ether oxygens (including phenoxy) is 1. The molecule has 2 atom stereocenters. The van der Waals surface area contributed by atoms with Crippen molar-refractivity contribution in [3.63, 3.8) is 0 Å². The molecule has 0 unspecified atom stereocenters. The second kappa shape index (κ2) is 9.33. The molecule has 3 amide bonds. The van der Waals surface area contributed by atoms with Gasteiger partial charge in [0.25, 0.3) is 5.91 Å². The zero-order valence-electron chi connectivity index (χ0n) is 15.6. The van der Waals surface area contributed by atoms with E-state index >= 15 is 0 Å². The third-order valence-corrected chi connectivity index (χ3v) is 4.35. The molecule has 2 N–H and O–H groups in total. The molecule has 0 radical (unpaired) electrons. The molecular weight excluding hydrogens is 334 g/mol. The molecule has 0 aromatic heterocycles. The van der Waals surface area contributed by atoms with E-state index in [0.717, 1.165) is 5.56 Å². The van der Waals surface area contributed by atoms with Crippen LogP contribution in [-0.4, -0.2) is 61.0 Å². The maximum absolute atomic E-state index is 12.4. The third-order valence-electron chi connectivity index (χ3n) is 4.35. The van der Waals surface area contributed by atoms with Crippen LogP contribution in [-0.2, 0) is 14.3 Å². The summed E-state index contributed by atoms with van der Waals surface area (Å²) in [7, 11) is 0. The summed E-state index contributed by atoms with van der Waals surface area (Å²) in [5, 5.41) is 5.68. The molecule has 1 aliphatic rings. The van der Waals surface area contributed by atoms with Gasteiger partial charge in [0.2, 0.25) is 11.8 Å². The van der Waals surface area contributed by atoms with Crippen LogP contribution in [0, 0.1) is 6.92 Å². The monoisotopic (exact) mass is 361 g/mol. The first kappa shape index (κ1) is 19.9. The molecule has 7 heteroatoms. The molecule has 142 valence electrons.